The van der Waals surface area contributed by atoms with E-state index in [9.17, 15) is 19.8 Å². The molecule has 4 N–H and O–H groups in total. The maximum atomic E-state index is 13.1. The molecule has 10 heteroatoms. The van der Waals surface area contributed by atoms with Crippen molar-refractivity contribution in [2.75, 3.05) is 20.3 Å². The molecule has 194 valence electrons. The quantitative estimate of drug-likeness (QED) is 0.301. The van der Waals surface area contributed by atoms with Crippen LogP contribution in [0.3, 0.4) is 0 Å². The van der Waals surface area contributed by atoms with E-state index in [2.05, 4.69) is 27.9 Å². The SMILES string of the molecule is CCC(=O)N(C1CCCC1)[C@@H]1CC(C(=O)NCCO)=C[C@H](Oc2c(I)cc(CO)cc2OC)[C@H]1O. The summed E-state index contributed by atoms with van der Waals surface area (Å²) < 4.78 is 12.4. The molecule has 3 atom stereocenters. The van der Waals surface area contributed by atoms with Gasteiger partial charge in [0.1, 0.15) is 12.2 Å². The van der Waals surface area contributed by atoms with Crippen LogP contribution in [0.15, 0.2) is 23.8 Å². The summed E-state index contributed by atoms with van der Waals surface area (Å²) in [4.78, 5) is 27.7. The van der Waals surface area contributed by atoms with Gasteiger partial charge in [0.25, 0.3) is 0 Å². The van der Waals surface area contributed by atoms with Crippen molar-refractivity contribution in [3.05, 3.63) is 32.9 Å². The van der Waals surface area contributed by atoms with E-state index < -0.39 is 18.2 Å². The van der Waals surface area contributed by atoms with Crippen LogP contribution in [0, 0.1) is 3.57 Å². The van der Waals surface area contributed by atoms with Gasteiger partial charge in [-0.1, -0.05) is 19.8 Å². The van der Waals surface area contributed by atoms with Crippen molar-refractivity contribution in [2.45, 2.75) is 76.3 Å². The largest absolute Gasteiger partial charge is 0.493 e. The number of hydrogen-bond donors (Lipinski definition) is 4. The molecule has 35 heavy (non-hydrogen) atoms. The predicted molar refractivity (Wildman–Crippen MR) is 138 cm³/mol. The van der Waals surface area contributed by atoms with Gasteiger partial charge in [0, 0.05) is 31.0 Å². The lowest BCUT2D eigenvalue weighted by molar-refractivity contribution is -0.141. The van der Waals surface area contributed by atoms with Crippen molar-refractivity contribution in [3.63, 3.8) is 0 Å². The second kappa shape index (κ2) is 12.9. The number of nitrogens with zero attached hydrogens (tertiary/aromatic N) is 1. The van der Waals surface area contributed by atoms with Crippen molar-refractivity contribution in [3.8, 4) is 11.5 Å². The lowest BCUT2D eigenvalue weighted by atomic mass is 9.87. The average molecular weight is 602 g/mol. The number of carbonyl (C=O) groups is 2. The minimum atomic E-state index is -1.07. The van der Waals surface area contributed by atoms with Crippen molar-refractivity contribution >= 4 is 34.4 Å². The third-order valence-corrected chi connectivity index (χ3v) is 7.41. The second-order valence-corrected chi connectivity index (χ2v) is 10.0. The van der Waals surface area contributed by atoms with Crippen molar-refractivity contribution in [2.24, 2.45) is 0 Å². The number of methoxy groups -OCH3 is 1. The Morgan fingerprint density at radius 2 is 1.94 bits per heavy atom. The van der Waals surface area contributed by atoms with Crippen molar-refractivity contribution in [1.29, 1.82) is 0 Å². The van der Waals surface area contributed by atoms with Crippen LogP contribution in [0.1, 0.15) is 51.0 Å². The molecular weight excluding hydrogens is 567 g/mol. The smallest absolute Gasteiger partial charge is 0.247 e. The summed E-state index contributed by atoms with van der Waals surface area (Å²) in [5.41, 5.74) is 1.05. The van der Waals surface area contributed by atoms with Gasteiger partial charge >= 0.3 is 0 Å². The first-order valence-electron chi connectivity index (χ1n) is 12.1. The van der Waals surface area contributed by atoms with E-state index in [1.54, 1.807) is 30.0 Å². The molecular formula is C25H35IN2O7. The molecule has 0 unspecified atom stereocenters. The minimum Gasteiger partial charge on any atom is -0.493 e. The molecule has 2 aliphatic rings. The molecule has 3 rings (SSSR count). The molecule has 2 aliphatic carbocycles. The van der Waals surface area contributed by atoms with E-state index in [-0.39, 0.29) is 44.0 Å². The van der Waals surface area contributed by atoms with E-state index in [0.717, 1.165) is 25.7 Å². The first-order chi connectivity index (χ1) is 16.8. The highest BCUT2D eigenvalue weighted by molar-refractivity contribution is 14.1. The minimum absolute atomic E-state index is 0.0149. The number of benzene rings is 1. The Bertz CT molecular complexity index is 933. The van der Waals surface area contributed by atoms with Gasteiger partial charge in [0.15, 0.2) is 11.5 Å². The summed E-state index contributed by atoms with van der Waals surface area (Å²) >= 11 is 2.07. The lowest BCUT2D eigenvalue weighted by Gasteiger charge is -2.43. The fraction of sp³-hybridized carbons (Fsp3) is 0.600. The second-order valence-electron chi connectivity index (χ2n) is 8.88. The number of carbonyl (C=O) groups excluding carboxylic acids is 2. The topological polar surface area (TPSA) is 129 Å². The molecule has 1 fully saturated rings. The van der Waals surface area contributed by atoms with Crippen LogP contribution >= 0.6 is 22.6 Å². The summed E-state index contributed by atoms with van der Waals surface area (Å²) in [7, 11) is 1.49. The number of hydrogen-bond acceptors (Lipinski definition) is 7. The normalized spacial score (nSPS) is 22.5. The van der Waals surface area contributed by atoms with Crippen LogP contribution < -0.4 is 14.8 Å². The van der Waals surface area contributed by atoms with Crippen LogP contribution in [0.5, 0.6) is 11.5 Å². The van der Waals surface area contributed by atoms with E-state index in [0.29, 0.717) is 32.6 Å². The van der Waals surface area contributed by atoms with E-state index in [1.807, 2.05) is 0 Å². The third kappa shape index (κ3) is 6.46. The molecule has 9 nitrogen and oxygen atoms in total. The van der Waals surface area contributed by atoms with Crippen LogP contribution in [-0.4, -0.2) is 76.6 Å². The number of aliphatic hydroxyl groups excluding tert-OH is 3. The summed E-state index contributed by atoms with van der Waals surface area (Å²) in [5.74, 6) is 0.358. The maximum absolute atomic E-state index is 13.1. The number of amides is 2. The summed E-state index contributed by atoms with van der Waals surface area (Å²) in [6, 6.07) is 2.81. The highest BCUT2D eigenvalue weighted by Crippen LogP contribution is 2.38. The molecule has 0 saturated heterocycles. The number of nitrogens with one attached hydrogen (secondary N) is 1. The summed E-state index contributed by atoms with van der Waals surface area (Å²) in [6.07, 6.45) is 3.87. The van der Waals surface area contributed by atoms with Gasteiger partial charge in [0.05, 0.1) is 29.9 Å². The Labute approximate surface area is 219 Å². The number of halogens is 1. The zero-order valence-electron chi connectivity index (χ0n) is 20.2. The lowest BCUT2D eigenvalue weighted by Crippen LogP contribution is -2.57. The monoisotopic (exact) mass is 602 g/mol. The Hall–Kier alpha value is -1.89. The fourth-order valence-corrected chi connectivity index (χ4v) is 5.68. The van der Waals surface area contributed by atoms with Crippen molar-refractivity contribution in [1.82, 2.24) is 10.2 Å². The van der Waals surface area contributed by atoms with Gasteiger partial charge in [-0.3, -0.25) is 9.59 Å². The highest BCUT2D eigenvalue weighted by Gasteiger charge is 2.43. The summed E-state index contributed by atoms with van der Waals surface area (Å²) in [6.45, 7) is 1.54. The van der Waals surface area contributed by atoms with Crippen LogP contribution in [-0.2, 0) is 16.2 Å². The molecule has 1 saturated carbocycles. The molecule has 2 amide bonds. The van der Waals surface area contributed by atoms with Gasteiger partial charge < -0.3 is 35.0 Å². The van der Waals surface area contributed by atoms with Gasteiger partial charge in [-0.2, -0.15) is 0 Å². The maximum Gasteiger partial charge on any atom is 0.247 e. The van der Waals surface area contributed by atoms with Crippen molar-refractivity contribution < 1.29 is 34.4 Å². The van der Waals surface area contributed by atoms with E-state index >= 15 is 0 Å². The Morgan fingerprint density at radius 3 is 2.54 bits per heavy atom. The Balaban J connectivity index is 2.00. The number of aliphatic hydroxyl groups is 3. The first-order valence-corrected chi connectivity index (χ1v) is 13.1. The fourth-order valence-electron chi connectivity index (χ4n) is 4.89. The van der Waals surface area contributed by atoms with Crippen LogP contribution in [0.4, 0.5) is 0 Å². The van der Waals surface area contributed by atoms with E-state index in [1.165, 1.54) is 7.11 Å². The molecule has 0 bridgehead atoms. The standard InChI is InChI=1S/C25H35IN2O7/c1-3-22(31)28(17-6-4-5-7-17)19-12-16(25(33)27-8-9-29)13-20(23(19)32)35-24-18(26)10-15(14-30)11-21(24)34-2/h10-11,13,17,19-20,23,29-30,32H,3-9,12,14H2,1-2H3,(H,27,33)/t19-,20+,23+/m1/s1. The number of ether oxygens (including phenoxy) is 2. The van der Waals surface area contributed by atoms with Gasteiger partial charge in [-0.15, -0.1) is 0 Å². The average Bonchev–Trinajstić information content (AvgIpc) is 3.39. The third-order valence-electron chi connectivity index (χ3n) is 6.61. The van der Waals surface area contributed by atoms with E-state index in [4.69, 9.17) is 14.6 Å². The Morgan fingerprint density at radius 1 is 1.23 bits per heavy atom. The molecule has 1 aromatic rings. The zero-order valence-corrected chi connectivity index (χ0v) is 22.4. The molecule has 0 radical (unpaired) electrons. The van der Waals surface area contributed by atoms with Crippen LogP contribution in [0.25, 0.3) is 0 Å². The highest BCUT2D eigenvalue weighted by atomic mass is 127. The zero-order chi connectivity index (χ0) is 25.5. The van der Waals surface area contributed by atoms with Gasteiger partial charge in [0.2, 0.25) is 11.8 Å². The van der Waals surface area contributed by atoms with Gasteiger partial charge in [-0.05, 0) is 59.2 Å². The number of rotatable bonds is 10. The van der Waals surface area contributed by atoms with Gasteiger partial charge in [-0.25, -0.2) is 0 Å². The predicted octanol–water partition coefficient (Wildman–Crippen LogP) is 1.89. The molecule has 1 aromatic carbocycles. The molecule has 0 aromatic heterocycles. The molecule has 0 aliphatic heterocycles. The molecule has 0 spiro atoms. The summed E-state index contributed by atoms with van der Waals surface area (Å²) in [5, 5.41) is 32.8. The van der Waals surface area contributed by atoms with Crippen LogP contribution in [0.2, 0.25) is 0 Å². The first kappa shape index (κ1) is 27.7. The Kier molecular flexibility index (Phi) is 10.2. The molecule has 0 heterocycles.